The number of hydrogen-bond donors (Lipinski definition) is 1. The number of aryl methyl sites for hydroxylation is 3. The van der Waals surface area contributed by atoms with Gasteiger partial charge in [-0.05, 0) is 87.4 Å². The number of anilines is 2. The zero-order valence-corrected chi connectivity index (χ0v) is 23.1. The van der Waals surface area contributed by atoms with Crippen LogP contribution in [0.3, 0.4) is 0 Å². The molecule has 10 heteroatoms. The summed E-state index contributed by atoms with van der Waals surface area (Å²) in [6.45, 7) is 8.03. The first kappa shape index (κ1) is 25.6. The molecule has 2 heterocycles. The van der Waals surface area contributed by atoms with Gasteiger partial charge in [0.1, 0.15) is 5.82 Å². The van der Waals surface area contributed by atoms with Gasteiger partial charge in [0.25, 0.3) is 15.9 Å². The largest absolute Gasteiger partial charge is 0.306 e. The zero-order chi connectivity index (χ0) is 27.0. The van der Waals surface area contributed by atoms with Crippen LogP contribution in [-0.2, 0) is 10.0 Å². The first-order chi connectivity index (χ1) is 18.2. The number of aromatic nitrogens is 3. The number of carbonyl (C=O) groups excluding carboxylic acids is 1. The summed E-state index contributed by atoms with van der Waals surface area (Å²) in [5.74, 6) is 0.108. The van der Waals surface area contributed by atoms with Gasteiger partial charge in [-0.1, -0.05) is 29.5 Å². The van der Waals surface area contributed by atoms with Crippen molar-refractivity contribution in [2.75, 3.05) is 16.2 Å². The fourth-order valence-corrected chi connectivity index (χ4v) is 6.66. The average Bonchev–Trinajstić information content (AvgIpc) is 3.47. The molecule has 0 aliphatic carbocycles. The first-order valence-electron chi connectivity index (χ1n) is 12.1. The predicted octanol–water partition coefficient (Wildman–Crippen LogP) is 5.87. The molecule has 1 N–H and O–H groups in total. The molecule has 0 aliphatic heterocycles. The van der Waals surface area contributed by atoms with E-state index >= 15 is 0 Å². The number of sulfonamides is 1. The normalized spacial score (nSPS) is 11.6. The van der Waals surface area contributed by atoms with Crippen molar-refractivity contribution in [3.05, 3.63) is 95.2 Å². The second-order valence-electron chi connectivity index (χ2n) is 8.97. The molecular weight excluding hydrogens is 518 g/mol. The van der Waals surface area contributed by atoms with Gasteiger partial charge in [0.2, 0.25) is 5.13 Å². The van der Waals surface area contributed by atoms with Crippen LogP contribution in [0.15, 0.2) is 77.7 Å². The zero-order valence-electron chi connectivity index (χ0n) is 21.5. The van der Waals surface area contributed by atoms with Gasteiger partial charge in [-0.3, -0.25) is 9.10 Å². The van der Waals surface area contributed by atoms with E-state index in [1.165, 1.54) is 45.5 Å². The highest BCUT2D eigenvalue weighted by molar-refractivity contribution is 7.92. The maximum Gasteiger partial charge on any atom is 0.264 e. The molecule has 3 aromatic carbocycles. The highest BCUT2D eigenvalue weighted by Gasteiger charge is 2.24. The van der Waals surface area contributed by atoms with Crippen molar-refractivity contribution >= 4 is 49.0 Å². The molecule has 194 valence electrons. The molecular formula is C28H27N5O3S2. The third-order valence-electron chi connectivity index (χ3n) is 6.28. The summed E-state index contributed by atoms with van der Waals surface area (Å²) in [5, 5.41) is 8.08. The molecule has 0 radical (unpaired) electrons. The Bertz CT molecular complexity index is 1700. The second-order valence-corrected chi connectivity index (χ2v) is 11.8. The number of hydrogen-bond acceptors (Lipinski definition) is 6. The smallest absolute Gasteiger partial charge is 0.264 e. The molecule has 0 saturated heterocycles. The number of benzene rings is 3. The molecule has 0 unspecified atom stereocenters. The van der Waals surface area contributed by atoms with Crippen LogP contribution in [0.4, 0.5) is 11.5 Å². The molecule has 8 nitrogen and oxygen atoms in total. The summed E-state index contributed by atoms with van der Waals surface area (Å²) < 4.78 is 30.5. The fraction of sp³-hybridized carbons (Fsp3) is 0.179. The molecule has 0 saturated carbocycles. The van der Waals surface area contributed by atoms with E-state index in [9.17, 15) is 13.2 Å². The van der Waals surface area contributed by atoms with Gasteiger partial charge in [0.15, 0.2) is 0 Å². The Morgan fingerprint density at radius 2 is 1.66 bits per heavy atom. The summed E-state index contributed by atoms with van der Waals surface area (Å²) in [5.41, 5.74) is 4.87. The van der Waals surface area contributed by atoms with Crippen molar-refractivity contribution in [1.82, 2.24) is 14.8 Å². The van der Waals surface area contributed by atoms with Crippen molar-refractivity contribution in [2.24, 2.45) is 0 Å². The van der Waals surface area contributed by atoms with Gasteiger partial charge < -0.3 is 5.32 Å². The molecule has 5 aromatic rings. The Morgan fingerprint density at radius 1 is 0.974 bits per heavy atom. The highest BCUT2D eigenvalue weighted by Crippen LogP contribution is 2.30. The van der Waals surface area contributed by atoms with Gasteiger partial charge in [0, 0.05) is 18.2 Å². The third-order valence-corrected chi connectivity index (χ3v) is 9.19. The summed E-state index contributed by atoms with van der Waals surface area (Å²) in [7, 11) is -3.78. The first-order valence-corrected chi connectivity index (χ1v) is 14.4. The minimum absolute atomic E-state index is 0.112. The number of nitrogens with one attached hydrogen (secondary N) is 1. The number of carbonyl (C=O) groups is 1. The number of amides is 1. The third kappa shape index (κ3) is 4.80. The van der Waals surface area contributed by atoms with Crippen LogP contribution in [0.25, 0.3) is 15.3 Å². The van der Waals surface area contributed by atoms with E-state index < -0.39 is 10.0 Å². The van der Waals surface area contributed by atoms with Crippen LogP contribution in [0.1, 0.15) is 34.1 Å². The molecule has 0 atom stereocenters. The van der Waals surface area contributed by atoms with Crippen molar-refractivity contribution < 1.29 is 13.2 Å². The van der Waals surface area contributed by atoms with Gasteiger partial charge in [0.05, 0.1) is 26.5 Å². The number of nitrogens with zero attached hydrogens (tertiary/aromatic N) is 4. The maximum atomic E-state index is 13.3. The lowest BCUT2D eigenvalue weighted by Gasteiger charge is -2.23. The molecule has 2 aromatic heterocycles. The van der Waals surface area contributed by atoms with Crippen LogP contribution in [0.2, 0.25) is 0 Å². The Kier molecular flexibility index (Phi) is 6.77. The van der Waals surface area contributed by atoms with E-state index in [-0.39, 0.29) is 17.3 Å². The van der Waals surface area contributed by atoms with Crippen LogP contribution >= 0.6 is 11.3 Å². The second kappa shape index (κ2) is 10.0. The fourth-order valence-electron chi connectivity index (χ4n) is 4.17. The van der Waals surface area contributed by atoms with E-state index in [0.29, 0.717) is 22.2 Å². The predicted molar refractivity (Wildman–Crippen MR) is 152 cm³/mol. The van der Waals surface area contributed by atoms with Crippen LogP contribution < -0.4 is 9.62 Å². The Morgan fingerprint density at radius 3 is 2.34 bits per heavy atom. The van der Waals surface area contributed by atoms with Crippen LogP contribution in [-0.4, -0.2) is 35.6 Å². The van der Waals surface area contributed by atoms with Crippen LogP contribution in [0, 0.1) is 20.8 Å². The van der Waals surface area contributed by atoms with Crippen LogP contribution in [0.5, 0.6) is 0 Å². The van der Waals surface area contributed by atoms with E-state index in [4.69, 9.17) is 4.98 Å². The molecule has 0 aliphatic rings. The van der Waals surface area contributed by atoms with E-state index in [1.54, 1.807) is 41.9 Å². The monoisotopic (exact) mass is 545 g/mol. The molecule has 0 fully saturated rings. The average molecular weight is 546 g/mol. The van der Waals surface area contributed by atoms with E-state index in [1.807, 2.05) is 19.1 Å². The van der Waals surface area contributed by atoms with Gasteiger partial charge >= 0.3 is 0 Å². The summed E-state index contributed by atoms with van der Waals surface area (Å²) in [4.78, 5) is 17.9. The number of para-hydroxylation sites is 1. The van der Waals surface area contributed by atoms with E-state index in [2.05, 4.69) is 30.3 Å². The Hall–Kier alpha value is -4.02. The molecule has 1 amide bonds. The summed E-state index contributed by atoms with van der Waals surface area (Å²) >= 11 is 1.50. The summed E-state index contributed by atoms with van der Waals surface area (Å²) in [6.07, 6.45) is 0. The Balaban J connectivity index is 1.39. The van der Waals surface area contributed by atoms with Gasteiger partial charge in [-0.15, -0.1) is 0 Å². The number of fused-ring (bicyclic) bond motifs is 1. The quantitative estimate of drug-likeness (QED) is 0.276. The molecule has 5 rings (SSSR count). The van der Waals surface area contributed by atoms with Gasteiger partial charge in [-0.2, -0.15) is 9.78 Å². The standard InChI is InChI=1S/C28H27N5O3S2/c1-5-32(22-9-7-6-8-10-22)38(35,36)23-13-11-21(12-14-23)27(34)30-26-17-20(4)31-33(26)28-29-24-15-18(2)19(3)16-25(24)37-28/h6-17H,5H2,1-4H3,(H,30,34). The molecule has 0 bridgehead atoms. The minimum atomic E-state index is -3.78. The minimum Gasteiger partial charge on any atom is -0.306 e. The van der Waals surface area contributed by atoms with Crippen molar-refractivity contribution in [3.8, 4) is 5.13 Å². The number of thiazole rings is 1. The molecule has 0 spiro atoms. The van der Waals surface area contributed by atoms with Crippen molar-refractivity contribution in [2.45, 2.75) is 32.6 Å². The van der Waals surface area contributed by atoms with Gasteiger partial charge in [-0.25, -0.2) is 13.4 Å². The topological polar surface area (TPSA) is 97.2 Å². The van der Waals surface area contributed by atoms with E-state index in [0.717, 1.165) is 21.5 Å². The Labute approximate surface area is 225 Å². The van der Waals surface area contributed by atoms with Crippen molar-refractivity contribution in [3.63, 3.8) is 0 Å². The lowest BCUT2D eigenvalue weighted by atomic mass is 10.1. The number of rotatable bonds is 7. The lowest BCUT2D eigenvalue weighted by molar-refractivity contribution is 0.102. The maximum absolute atomic E-state index is 13.3. The SMILES string of the molecule is CCN(c1ccccc1)S(=O)(=O)c1ccc(C(=O)Nc2cc(C)nn2-c2nc3cc(C)c(C)cc3s2)cc1. The lowest BCUT2D eigenvalue weighted by Crippen LogP contribution is -2.30. The highest BCUT2D eigenvalue weighted by atomic mass is 32.2. The molecule has 38 heavy (non-hydrogen) atoms. The van der Waals surface area contributed by atoms with Crippen molar-refractivity contribution in [1.29, 1.82) is 0 Å². The summed E-state index contributed by atoms with van der Waals surface area (Å²) in [6, 6.07) is 20.8.